The number of nitrogens with one attached hydrogen (secondary N) is 1. The first-order chi connectivity index (χ1) is 7.34. The Morgan fingerprint density at radius 1 is 1.50 bits per heavy atom. The lowest BCUT2D eigenvalue weighted by molar-refractivity contribution is -0.117. The highest BCUT2D eigenvalue weighted by atomic mass is 79.9. The molecule has 0 aliphatic rings. The third kappa shape index (κ3) is 3.20. The van der Waals surface area contributed by atoms with Gasteiger partial charge in [0.2, 0.25) is 11.8 Å². The van der Waals surface area contributed by atoms with Gasteiger partial charge in [0.25, 0.3) is 0 Å². The average molecular weight is 287 g/mol. The number of halogens is 1. The lowest BCUT2D eigenvalue weighted by Crippen LogP contribution is -2.31. The predicted molar refractivity (Wildman–Crippen MR) is 67.2 cm³/mol. The second-order valence-electron chi connectivity index (χ2n) is 3.91. The molecule has 1 aromatic heterocycles. The van der Waals surface area contributed by atoms with E-state index in [9.17, 15) is 4.79 Å². The summed E-state index contributed by atoms with van der Waals surface area (Å²) in [6.07, 6.45) is 0. The van der Waals surface area contributed by atoms with Crippen LogP contribution in [0.25, 0.3) is 0 Å². The highest BCUT2D eigenvalue weighted by Gasteiger charge is 2.24. The fourth-order valence-corrected chi connectivity index (χ4v) is 1.15. The van der Waals surface area contributed by atoms with Gasteiger partial charge in [-0.3, -0.25) is 4.79 Å². The standard InChI is InChI=1S/C11H15BrN2O2/c1-7-8(5-6-9(13-7)16-4)14-10(15)11(2,3)12/h5-6H,1-4H3,(H,14,15). The Morgan fingerprint density at radius 3 is 2.56 bits per heavy atom. The molecule has 0 aliphatic heterocycles. The largest absolute Gasteiger partial charge is 0.481 e. The first kappa shape index (κ1) is 13.0. The molecule has 5 heteroatoms. The van der Waals surface area contributed by atoms with Gasteiger partial charge >= 0.3 is 0 Å². The molecule has 0 bridgehead atoms. The number of pyridine rings is 1. The number of methoxy groups -OCH3 is 1. The number of carbonyl (C=O) groups is 1. The van der Waals surface area contributed by atoms with Crippen molar-refractivity contribution in [1.82, 2.24) is 4.98 Å². The Hall–Kier alpha value is -1.10. The number of carbonyl (C=O) groups excluding carboxylic acids is 1. The molecular formula is C11H15BrN2O2. The normalized spacial score (nSPS) is 11.1. The van der Waals surface area contributed by atoms with Crippen molar-refractivity contribution in [3.8, 4) is 5.88 Å². The summed E-state index contributed by atoms with van der Waals surface area (Å²) < 4.78 is 4.39. The third-order valence-electron chi connectivity index (χ3n) is 2.06. The molecule has 16 heavy (non-hydrogen) atoms. The topological polar surface area (TPSA) is 51.2 Å². The number of anilines is 1. The van der Waals surface area contributed by atoms with Gasteiger partial charge in [-0.15, -0.1) is 0 Å². The number of aryl methyl sites for hydroxylation is 1. The minimum atomic E-state index is -0.598. The first-order valence-corrected chi connectivity index (χ1v) is 5.66. The van der Waals surface area contributed by atoms with E-state index < -0.39 is 4.32 Å². The molecule has 0 aromatic carbocycles. The van der Waals surface area contributed by atoms with Crippen LogP contribution in [-0.2, 0) is 4.79 Å². The lowest BCUT2D eigenvalue weighted by atomic mass is 10.2. The molecule has 0 unspecified atom stereocenters. The van der Waals surface area contributed by atoms with Crippen molar-refractivity contribution >= 4 is 27.5 Å². The summed E-state index contributed by atoms with van der Waals surface area (Å²) in [4.78, 5) is 15.9. The fourth-order valence-electron chi connectivity index (χ4n) is 1.05. The van der Waals surface area contributed by atoms with Gasteiger partial charge in [0.15, 0.2) is 0 Å². The molecule has 1 heterocycles. The van der Waals surface area contributed by atoms with Crippen LogP contribution in [0.15, 0.2) is 12.1 Å². The molecule has 0 spiro atoms. The van der Waals surface area contributed by atoms with Gasteiger partial charge in [0.1, 0.15) is 0 Å². The quantitative estimate of drug-likeness (QED) is 0.869. The molecule has 1 rings (SSSR count). The van der Waals surface area contributed by atoms with Crippen LogP contribution in [-0.4, -0.2) is 22.3 Å². The minimum absolute atomic E-state index is 0.109. The van der Waals surface area contributed by atoms with Crippen LogP contribution in [0.4, 0.5) is 5.69 Å². The summed E-state index contributed by atoms with van der Waals surface area (Å²) in [6, 6.07) is 3.49. The molecule has 0 saturated heterocycles. The van der Waals surface area contributed by atoms with Crippen molar-refractivity contribution in [2.24, 2.45) is 0 Å². The van der Waals surface area contributed by atoms with Gasteiger partial charge in [-0.2, -0.15) is 0 Å². The molecule has 0 fully saturated rings. The van der Waals surface area contributed by atoms with E-state index in [1.54, 1.807) is 33.1 Å². The number of rotatable bonds is 3. The number of alkyl halides is 1. The van der Waals surface area contributed by atoms with Gasteiger partial charge in [-0.05, 0) is 26.8 Å². The molecule has 88 valence electrons. The number of aromatic nitrogens is 1. The molecule has 0 saturated carbocycles. The second-order valence-corrected chi connectivity index (χ2v) is 5.90. The summed E-state index contributed by atoms with van der Waals surface area (Å²) in [7, 11) is 1.56. The maximum Gasteiger partial charge on any atom is 0.240 e. The highest BCUT2D eigenvalue weighted by Crippen LogP contribution is 2.21. The summed E-state index contributed by atoms with van der Waals surface area (Å²) in [6.45, 7) is 5.39. The zero-order valence-electron chi connectivity index (χ0n) is 9.80. The Kier molecular flexibility index (Phi) is 3.91. The monoisotopic (exact) mass is 286 g/mol. The van der Waals surface area contributed by atoms with E-state index >= 15 is 0 Å². The van der Waals surface area contributed by atoms with E-state index in [4.69, 9.17) is 4.74 Å². The minimum Gasteiger partial charge on any atom is -0.481 e. The molecule has 1 aromatic rings. The molecule has 1 N–H and O–H groups in total. The van der Waals surface area contributed by atoms with E-state index in [1.165, 1.54) is 0 Å². The van der Waals surface area contributed by atoms with Crippen LogP contribution in [0.5, 0.6) is 5.88 Å². The van der Waals surface area contributed by atoms with Crippen molar-refractivity contribution in [1.29, 1.82) is 0 Å². The zero-order chi connectivity index (χ0) is 12.3. The SMILES string of the molecule is COc1ccc(NC(=O)C(C)(C)Br)c(C)n1. The third-order valence-corrected chi connectivity index (χ3v) is 2.42. The van der Waals surface area contributed by atoms with Crippen LogP contribution in [0.3, 0.4) is 0 Å². The second kappa shape index (κ2) is 4.82. The fraction of sp³-hybridized carbons (Fsp3) is 0.455. The first-order valence-electron chi connectivity index (χ1n) is 4.86. The Bertz CT molecular complexity index is 399. The van der Waals surface area contributed by atoms with Gasteiger partial charge in [-0.1, -0.05) is 15.9 Å². The Balaban J connectivity index is 2.87. The van der Waals surface area contributed by atoms with Crippen molar-refractivity contribution in [3.05, 3.63) is 17.8 Å². The molecule has 1 amide bonds. The number of hydrogen-bond acceptors (Lipinski definition) is 3. The van der Waals surface area contributed by atoms with E-state index in [0.717, 1.165) is 5.69 Å². The maximum atomic E-state index is 11.7. The number of ether oxygens (including phenoxy) is 1. The smallest absolute Gasteiger partial charge is 0.240 e. The maximum absolute atomic E-state index is 11.7. The molecule has 4 nitrogen and oxygen atoms in total. The van der Waals surface area contributed by atoms with E-state index in [-0.39, 0.29) is 5.91 Å². The van der Waals surface area contributed by atoms with Crippen LogP contribution >= 0.6 is 15.9 Å². The van der Waals surface area contributed by atoms with Crippen LogP contribution in [0.2, 0.25) is 0 Å². The Labute approximate surface area is 104 Å². The number of amides is 1. The van der Waals surface area contributed by atoms with E-state index in [1.807, 2.05) is 6.92 Å². The van der Waals surface area contributed by atoms with E-state index in [0.29, 0.717) is 11.6 Å². The van der Waals surface area contributed by atoms with Crippen molar-refractivity contribution in [2.75, 3.05) is 12.4 Å². The van der Waals surface area contributed by atoms with Crippen molar-refractivity contribution < 1.29 is 9.53 Å². The molecular weight excluding hydrogens is 272 g/mol. The van der Waals surface area contributed by atoms with Crippen LogP contribution in [0, 0.1) is 6.92 Å². The summed E-state index contributed by atoms with van der Waals surface area (Å²) >= 11 is 3.30. The van der Waals surface area contributed by atoms with E-state index in [2.05, 4.69) is 26.2 Å². The van der Waals surface area contributed by atoms with Gasteiger partial charge in [0, 0.05) is 6.07 Å². The van der Waals surface area contributed by atoms with Crippen molar-refractivity contribution in [3.63, 3.8) is 0 Å². The summed E-state index contributed by atoms with van der Waals surface area (Å²) in [5, 5.41) is 2.80. The zero-order valence-corrected chi connectivity index (χ0v) is 11.4. The van der Waals surface area contributed by atoms with Crippen LogP contribution < -0.4 is 10.1 Å². The lowest BCUT2D eigenvalue weighted by Gasteiger charge is -2.16. The average Bonchev–Trinajstić information content (AvgIpc) is 2.19. The van der Waals surface area contributed by atoms with Crippen LogP contribution in [0.1, 0.15) is 19.5 Å². The van der Waals surface area contributed by atoms with Gasteiger partial charge in [0.05, 0.1) is 22.8 Å². The predicted octanol–water partition coefficient (Wildman–Crippen LogP) is 2.51. The summed E-state index contributed by atoms with van der Waals surface area (Å²) in [5.74, 6) is 0.427. The molecule has 0 radical (unpaired) electrons. The van der Waals surface area contributed by atoms with Crippen molar-refractivity contribution in [2.45, 2.75) is 25.1 Å². The number of hydrogen-bond donors (Lipinski definition) is 1. The summed E-state index contributed by atoms with van der Waals surface area (Å²) in [5.41, 5.74) is 1.42. The molecule has 0 atom stereocenters. The Morgan fingerprint density at radius 2 is 2.12 bits per heavy atom. The number of nitrogens with zero attached hydrogens (tertiary/aromatic N) is 1. The van der Waals surface area contributed by atoms with Gasteiger partial charge < -0.3 is 10.1 Å². The van der Waals surface area contributed by atoms with Gasteiger partial charge in [-0.25, -0.2) is 4.98 Å². The molecule has 0 aliphatic carbocycles. The highest BCUT2D eigenvalue weighted by molar-refractivity contribution is 9.10.